The summed E-state index contributed by atoms with van der Waals surface area (Å²) in [6.45, 7) is 16.2. The Labute approximate surface area is 117 Å². The largest absolute Gasteiger partial charge is 0.385 e. The predicted molar refractivity (Wildman–Crippen MR) is 85.4 cm³/mol. The van der Waals surface area contributed by atoms with E-state index in [-0.39, 0.29) is 0 Å². The van der Waals surface area contributed by atoms with Gasteiger partial charge in [-0.3, -0.25) is 0 Å². The highest BCUT2D eigenvalue weighted by Gasteiger charge is 1.80. The molecular formula is C16H38O2. The van der Waals surface area contributed by atoms with Crippen LogP contribution in [-0.4, -0.2) is 27.4 Å². The third-order valence-corrected chi connectivity index (χ3v) is 1.90. The molecule has 114 valence electrons. The average molecular weight is 262 g/mol. The molecule has 2 nitrogen and oxygen atoms in total. The zero-order valence-electron chi connectivity index (χ0n) is 13.9. The zero-order chi connectivity index (χ0) is 15.1. The molecule has 0 saturated carbocycles. The van der Waals surface area contributed by atoms with Gasteiger partial charge >= 0.3 is 0 Å². The van der Waals surface area contributed by atoms with E-state index in [1.807, 2.05) is 13.8 Å². The van der Waals surface area contributed by atoms with E-state index in [9.17, 15) is 0 Å². The van der Waals surface area contributed by atoms with Crippen LogP contribution in [0.25, 0.3) is 0 Å². The molecule has 0 N–H and O–H groups in total. The molecule has 0 heterocycles. The highest BCUT2D eigenvalue weighted by molar-refractivity contribution is 4.33. The minimum Gasteiger partial charge on any atom is -0.385 e. The minimum atomic E-state index is 0.924. The molecule has 0 radical (unpaired) electrons. The van der Waals surface area contributed by atoms with Gasteiger partial charge < -0.3 is 9.47 Å². The lowest BCUT2D eigenvalue weighted by atomic mass is 10.3. The van der Waals surface area contributed by atoms with Gasteiger partial charge in [-0.15, -0.1) is 13.2 Å². The van der Waals surface area contributed by atoms with Crippen molar-refractivity contribution >= 4 is 0 Å². The fourth-order valence-corrected chi connectivity index (χ4v) is 0.993. The van der Waals surface area contributed by atoms with Gasteiger partial charge in [-0.2, -0.15) is 0 Å². The van der Waals surface area contributed by atoms with Crippen LogP contribution in [0.1, 0.15) is 66.2 Å². The van der Waals surface area contributed by atoms with Gasteiger partial charge in [-0.05, 0) is 12.8 Å². The van der Waals surface area contributed by atoms with E-state index in [1.165, 1.54) is 38.5 Å². The SMILES string of the molecule is C=C.CC.CCCCCOC.CCCCCOC. The summed E-state index contributed by atoms with van der Waals surface area (Å²) in [5.41, 5.74) is 0. The van der Waals surface area contributed by atoms with Crippen molar-refractivity contribution in [3.8, 4) is 0 Å². The third kappa shape index (κ3) is 57.4. The van der Waals surface area contributed by atoms with Crippen LogP contribution >= 0.6 is 0 Å². The van der Waals surface area contributed by atoms with Crippen LogP contribution in [0, 0.1) is 0 Å². The zero-order valence-corrected chi connectivity index (χ0v) is 13.9. The number of rotatable bonds is 8. The van der Waals surface area contributed by atoms with Crippen molar-refractivity contribution in [1.82, 2.24) is 0 Å². The first kappa shape index (κ1) is 26.3. The molecule has 18 heavy (non-hydrogen) atoms. The van der Waals surface area contributed by atoms with Crippen LogP contribution in [0.2, 0.25) is 0 Å². The van der Waals surface area contributed by atoms with Crippen molar-refractivity contribution < 1.29 is 9.47 Å². The molecule has 0 atom stereocenters. The van der Waals surface area contributed by atoms with Crippen molar-refractivity contribution in [3.63, 3.8) is 0 Å². The number of methoxy groups -OCH3 is 2. The van der Waals surface area contributed by atoms with Gasteiger partial charge in [0.05, 0.1) is 0 Å². The molecule has 0 aliphatic heterocycles. The summed E-state index contributed by atoms with van der Waals surface area (Å²) in [6.07, 6.45) is 7.59. The van der Waals surface area contributed by atoms with Gasteiger partial charge in [-0.25, -0.2) is 0 Å². The van der Waals surface area contributed by atoms with Gasteiger partial charge in [0.2, 0.25) is 0 Å². The molecule has 0 unspecified atom stereocenters. The molecule has 0 fully saturated rings. The topological polar surface area (TPSA) is 18.5 Å². The van der Waals surface area contributed by atoms with Crippen LogP contribution in [0.4, 0.5) is 0 Å². The number of ether oxygens (including phenoxy) is 2. The summed E-state index contributed by atoms with van der Waals surface area (Å²) in [4.78, 5) is 0. The van der Waals surface area contributed by atoms with Gasteiger partial charge in [0.15, 0.2) is 0 Å². The minimum absolute atomic E-state index is 0.924. The highest BCUT2D eigenvalue weighted by Crippen LogP contribution is 1.92. The standard InChI is InChI=1S/2C6H14O.C2H6.C2H4/c2*1-3-4-5-6-7-2;2*1-2/h2*3-6H2,1-2H3;1-2H3;1-2H2. The Morgan fingerprint density at radius 2 is 0.944 bits per heavy atom. The van der Waals surface area contributed by atoms with E-state index in [1.54, 1.807) is 14.2 Å². The molecule has 0 bridgehead atoms. The molecule has 0 aromatic heterocycles. The molecule has 0 amide bonds. The van der Waals surface area contributed by atoms with Crippen molar-refractivity contribution in [2.45, 2.75) is 66.2 Å². The Morgan fingerprint density at radius 1 is 0.667 bits per heavy atom. The average Bonchev–Trinajstić information content (AvgIpc) is 2.45. The summed E-state index contributed by atoms with van der Waals surface area (Å²) < 4.78 is 9.69. The van der Waals surface area contributed by atoms with E-state index in [2.05, 4.69) is 27.0 Å². The van der Waals surface area contributed by atoms with Crippen LogP contribution in [0.15, 0.2) is 13.2 Å². The summed E-state index contributed by atoms with van der Waals surface area (Å²) in [5, 5.41) is 0. The van der Waals surface area contributed by atoms with Crippen LogP contribution in [0.5, 0.6) is 0 Å². The first-order valence-corrected chi connectivity index (χ1v) is 7.31. The quantitative estimate of drug-likeness (QED) is 0.426. The Hall–Kier alpha value is -0.340. The molecule has 2 heteroatoms. The Bertz CT molecular complexity index is 67.2. The van der Waals surface area contributed by atoms with Gasteiger partial charge in [0.1, 0.15) is 0 Å². The fraction of sp³-hybridized carbons (Fsp3) is 0.875. The molecule has 0 aromatic carbocycles. The lowest BCUT2D eigenvalue weighted by Gasteiger charge is -1.92. The summed E-state index contributed by atoms with van der Waals surface area (Å²) in [7, 11) is 3.49. The highest BCUT2D eigenvalue weighted by atomic mass is 16.5. The Morgan fingerprint density at radius 3 is 1.11 bits per heavy atom. The maximum atomic E-state index is 4.84. The van der Waals surface area contributed by atoms with E-state index < -0.39 is 0 Å². The second kappa shape index (κ2) is 43.8. The van der Waals surface area contributed by atoms with Crippen molar-refractivity contribution in [1.29, 1.82) is 0 Å². The molecule has 0 aliphatic carbocycles. The number of unbranched alkanes of at least 4 members (excludes halogenated alkanes) is 4. The monoisotopic (exact) mass is 262 g/mol. The van der Waals surface area contributed by atoms with Gasteiger partial charge in [0.25, 0.3) is 0 Å². The lowest BCUT2D eigenvalue weighted by molar-refractivity contribution is 0.192. The molecule has 0 rings (SSSR count). The normalized spacial score (nSPS) is 7.89. The first-order valence-electron chi connectivity index (χ1n) is 7.31. The van der Waals surface area contributed by atoms with Crippen LogP contribution in [-0.2, 0) is 9.47 Å². The summed E-state index contributed by atoms with van der Waals surface area (Å²) in [6, 6.07) is 0. The van der Waals surface area contributed by atoms with E-state index in [4.69, 9.17) is 9.47 Å². The fourth-order valence-electron chi connectivity index (χ4n) is 0.993. The van der Waals surface area contributed by atoms with Crippen molar-refractivity contribution in [2.24, 2.45) is 0 Å². The second-order valence-corrected chi connectivity index (χ2v) is 3.40. The Kier molecular flexibility index (Phi) is 63.9. The van der Waals surface area contributed by atoms with E-state index in [0.717, 1.165) is 13.2 Å². The van der Waals surface area contributed by atoms with E-state index in [0.29, 0.717) is 0 Å². The van der Waals surface area contributed by atoms with Gasteiger partial charge in [-0.1, -0.05) is 53.4 Å². The van der Waals surface area contributed by atoms with Crippen molar-refractivity contribution in [2.75, 3.05) is 27.4 Å². The first-order chi connectivity index (χ1) is 8.83. The van der Waals surface area contributed by atoms with Crippen LogP contribution < -0.4 is 0 Å². The molecule has 0 aliphatic rings. The summed E-state index contributed by atoms with van der Waals surface area (Å²) >= 11 is 0. The molecular weight excluding hydrogens is 224 g/mol. The van der Waals surface area contributed by atoms with E-state index >= 15 is 0 Å². The third-order valence-electron chi connectivity index (χ3n) is 1.90. The maximum Gasteiger partial charge on any atom is 0.0462 e. The van der Waals surface area contributed by atoms with Gasteiger partial charge in [0, 0.05) is 27.4 Å². The smallest absolute Gasteiger partial charge is 0.0462 e. The Balaban J connectivity index is -0.0000000851. The van der Waals surface area contributed by atoms with Crippen LogP contribution in [0.3, 0.4) is 0 Å². The van der Waals surface area contributed by atoms with Crippen molar-refractivity contribution in [3.05, 3.63) is 13.2 Å². The molecule has 0 aromatic rings. The number of hydrogen-bond acceptors (Lipinski definition) is 2. The number of hydrogen-bond donors (Lipinski definition) is 0. The molecule has 0 saturated heterocycles. The second-order valence-electron chi connectivity index (χ2n) is 3.40. The maximum absolute atomic E-state index is 4.84. The molecule has 0 spiro atoms. The lowest BCUT2D eigenvalue weighted by Crippen LogP contribution is -1.85. The predicted octanol–water partition coefficient (Wildman–Crippen LogP) is 5.47. The summed E-state index contributed by atoms with van der Waals surface area (Å²) in [5.74, 6) is 0.